The van der Waals surface area contributed by atoms with Gasteiger partial charge in [-0.25, -0.2) is 23.3 Å². The summed E-state index contributed by atoms with van der Waals surface area (Å²) in [6.45, 7) is 3.69. The van der Waals surface area contributed by atoms with Crippen LogP contribution in [0.5, 0.6) is 0 Å². The Morgan fingerprint density at radius 3 is 2.35 bits per heavy atom. The van der Waals surface area contributed by atoms with Crippen molar-refractivity contribution in [1.29, 1.82) is 0 Å². The van der Waals surface area contributed by atoms with E-state index in [0.29, 0.717) is 22.6 Å². The zero-order chi connectivity index (χ0) is 24.0. The number of pyridine rings is 2. The van der Waals surface area contributed by atoms with Crippen molar-refractivity contribution in [1.82, 2.24) is 29.1 Å². The summed E-state index contributed by atoms with van der Waals surface area (Å²) in [4.78, 5) is 36.3. The third kappa shape index (κ3) is 3.64. The van der Waals surface area contributed by atoms with Crippen LogP contribution in [0.25, 0.3) is 28.0 Å². The van der Waals surface area contributed by atoms with E-state index in [1.165, 1.54) is 10.5 Å². The fourth-order valence-corrected chi connectivity index (χ4v) is 4.01. The lowest BCUT2D eigenvalue weighted by molar-refractivity contribution is 0.596. The summed E-state index contributed by atoms with van der Waals surface area (Å²) < 4.78 is 15.8. The van der Waals surface area contributed by atoms with Crippen LogP contribution < -0.4 is 17.0 Å². The molecule has 0 bridgehead atoms. The third-order valence-electron chi connectivity index (χ3n) is 5.41. The number of nitrogens with zero attached hydrogens (tertiary/aromatic N) is 5. The molecule has 34 heavy (non-hydrogen) atoms. The predicted molar refractivity (Wildman–Crippen MR) is 126 cm³/mol. The van der Waals surface area contributed by atoms with Crippen molar-refractivity contribution in [3.8, 4) is 22.4 Å². The van der Waals surface area contributed by atoms with Crippen LogP contribution in [-0.4, -0.2) is 29.1 Å². The quantitative estimate of drug-likeness (QED) is 0.428. The Morgan fingerprint density at radius 1 is 0.971 bits per heavy atom. The van der Waals surface area contributed by atoms with Gasteiger partial charge < -0.3 is 10.7 Å². The van der Waals surface area contributed by atoms with Gasteiger partial charge in [0.2, 0.25) is 5.95 Å². The molecule has 0 saturated carbocycles. The summed E-state index contributed by atoms with van der Waals surface area (Å²) in [6.07, 6.45) is 0. The van der Waals surface area contributed by atoms with Crippen LogP contribution >= 0.6 is 0 Å². The molecule has 5 aromatic rings. The van der Waals surface area contributed by atoms with E-state index in [1.807, 2.05) is 56.3 Å². The number of nitrogens with one attached hydrogen (secondary N) is 1. The van der Waals surface area contributed by atoms with Gasteiger partial charge in [-0.15, -0.1) is 5.10 Å². The second-order valence-electron chi connectivity index (χ2n) is 7.96. The molecule has 4 aromatic heterocycles. The summed E-state index contributed by atoms with van der Waals surface area (Å²) >= 11 is 0. The Morgan fingerprint density at radius 2 is 1.68 bits per heavy atom. The van der Waals surface area contributed by atoms with E-state index < -0.39 is 17.1 Å². The van der Waals surface area contributed by atoms with E-state index in [9.17, 15) is 14.0 Å². The molecule has 0 amide bonds. The van der Waals surface area contributed by atoms with E-state index in [-0.39, 0.29) is 12.5 Å². The first-order chi connectivity index (χ1) is 16.3. The van der Waals surface area contributed by atoms with E-state index in [1.54, 1.807) is 0 Å². The fourth-order valence-electron chi connectivity index (χ4n) is 4.01. The number of H-pyrrole nitrogens is 1. The third-order valence-corrected chi connectivity index (χ3v) is 5.41. The fraction of sp³-hybridized carbons (Fsp3) is 0.125. The number of anilines is 1. The standard InChI is InChI=1S/C24H20FN7O2/c1-13-10-16(11-14(2)27-13)19-20(15-6-4-3-5-7-15)29-23(26)32-21(19)30-31(24(32)34)12-17-8-9-18(25)22(33)28-17/h3-11H,12H2,1-2H3,(H2,26,29)(H,28,33). The summed E-state index contributed by atoms with van der Waals surface area (Å²) in [5, 5.41) is 4.55. The number of nitrogen functional groups attached to an aromatic ring is 1. The Kier molecular flexibility index (Phi) is 5.05. The monoisotopic (exact) mass is 457 g/mol. The van der Waals surface area contributed by atoms with Crippen LogP contribution in [0.15, 0.2) is 64.2 Å². The molecule has 10 heteroatoms. The Balaban J connectivity index is 1.81. The highest BCUT2D eigenvalue weighted by atomic mass is 19.1. The van der Waals surface area contributed by atoms with E-state index in [4.69, 9.17) is 5.73 Å². The van der Waals surface area contributed by atoms with Crippen molar-refractivity contribution in [2.75, 3.05) is 5.73 Å². The van der Waals surface area contributed by atoms with Gasteiger partial charge in [0, 0.05) is 22.6 Å². The van der Waals surface area contributed by atoms with Crippen molar-refractivity contribution in [2.24, 2.45) is 0 Å². The Labute approximate surface area is 192 Å². The summed E-state index contributed by atoms with van der Waals surface area (Å²) in [6, 6.07) is 15.7. The van der Waals surface area contributed by atoms with Crippen molar-refractivity contribution in [3.05, 3.63) is 98.3 Å². The highest BCUT2D eigenvalue weighted by Crippen LogP contribution is 2.34. The lowest BCUT2D eigenvalue weighted by Crippen LogP contribution is -2.25. The van der Waals surface area contributed by atoms with Gasteiger partial charge in [-0.3, -0.25) is 9.78 Å². The van der Waals surface area contributed by atoms with E-state index in [2.05, 4.69) is 20.1 Å². The average molecular weight is 457 g/mol. The maximum absolute atomic E-state index is 13.4. The summed E-state index contributed by atoms with van der Waals surface area (Å²) in [7, 11) is 0. The van der Waals surface area contributed by atoms with Gasteiger partial charge in [-0.2, -0.15) is 0 Å². The number of halogens is 1. The second-order valence-corrected chi connectivity index (χ2v) is 7.96. The van der Waals surface area contributed by atoms with Crippen molar-refractivity contribution >= 4 is 11.6 Å². The molecule has 4 heterocycles. The number of hydrogen-bond donors (Lipinski definition) is 2. The van der Waals surface area contributed by atoms with E-state index in [0.717, 1.165) is 33.3 Å². The molecule has 0 aliphatic rings. The number of hydrogen-bond acceptors (Lipinski definition) is 6. The first-order valence-corrected chi connectivity index (χ1v) is 10.5. The minimum atomic E-state index is -0.905. The van der Waals surface area contributed by atoms with E-state index >= 15 is 0 Å². The topological polar surface area (TPSA) is 124 Å². The zero-order valence-electron chi connectivity index (χ0n) is 18.4. The molecule has 0 aliphatic heterocycles. The predicted octanol–water partition coefficient (Wildman–Crippen LogP) is 2.69. The number of fused-ring (bicyclic) bond motifs is 1. The largest absolute Gasteiger partial charge is 0.369 e. The number of aryl methyl sites for hydroxylation is 2. The maximum atomic E-state index is 13.4. The molecule has 0 spiro atoms. The molecule has 0 aliphatic carbocycles. The molecular formula is C24H20FN7O2. The Hall–Kier alpha value is -4.60. The molecular weight excluding hydrogens is 437 g/mol. The van der Waals surface area contributed by atoms with Gasteiger partial charge >= 0.3 is 5.69 Å². The van der Waals surface area contributed by atoms with Gasteiger partial charge in [-0.1, -0.05) is 30.3 Å². The summed E-state index contributed by atoms with van der Waals surface area (Å²) in [5.74, 6) is -0.929. The minimum absolute atomic E-state index is 0.0241. The lowest BCUT2D eigenvalue weighted by Gasteiger charge is -2.13. The van der Waals surface area contributed by atoms with Crippen LogP contribution in [0.2, 0.25) is 0 Å². The van der Waals surface area contributed by atoms with Gasteiger partial charge in [0.15, 0.2) is 11.5 Å². The van der Waals surface area contributed by atoms with Crippen molar-refractivity contribution < 1.29 is 4.39 Å². The number of rotatable bonds is 4. The van der Waals surface area contributed by atoms with Gasteiger partial charge in [0.25, 0.3) is 5.56 Å². The molecule has 3 N–H and O–H groups in total. The first-order valence-electron chi connectivity index (χ1n) is 10.5. The molecule has 0 radical (unpaired) electrons. The molecule has 0 saturated heterocycles. The average Bonchev–Trinajstić information content (AvgIpc) is 3.12. The van der Waals surface area contributed by atoms with Crippen LogP contribution in [0.3, 0.4) is 0 Å². The lowest BCUT2D eigenvalue weighted by atomic mass is 9.99. The first kappa shape index (κ1) is 21.3. The zero-order valence-corrected chi connectivity index (χ0v) is 18.4. The molecule has 170 valence electrons. The van der Waals surface area contributed by atoms with Crippen molar-refractivity contribution in [2.45, 2.75) is 20.4 Å². The Bertz CT molecular complexity index is 1650. The van der Waals surface area contributed by atoms with Crippen LogP contribution in [0, 0.1) is 19.7 Å². The normalized spacial score (nSPS) is 11.3. The number of aromatic amines is 1. The van der Waals surface area contributed by atoms with Gasteiger partial charge in [0.1, 0.15) is 0 Å². The highest BCUT2D eigenvalue weighted by molar-refractivity contribution is 5.90. The number of aromatic nitrogens is 6. The number of benzene rings is 1. The highest BCUT2D eigenvalue weighted by Gasteiger charge is 2.22. The smallest absolute Gasteiger partial charge is 0.353 e. The molecule has 9 nitrogen and oxygen atoms in total. The van der Waals surface area contributed by atoms with Crippen LogP contribution in [-0.2, 0) is 6.54 Å². The molecule has 0 fully saturated rings. The van der Waals surface area contributed by atoms with Gasteiger partial charge in [0.05, 0.1) is 17.8 Å². The minimum Gasteiger partial charge on any atom is -0.369 e. The van der Waals surface area contributed by atoms with Crippen molar-refractivity contribution in [3.63, 3.8) is 0 Å². The molecule has 5 rings (SSSR count). The maximum Gasteiger partial charge on any atom is 0.353 e. The molecule has 1 aromatic carbocycles. The second kappa shape index (κ2) is 8.07. The SMILES string of the molecule is Cc1cc(-c2c(-c3ccccc3)nc(N)n3c(=O)n(Cc4ccc(F)c(=O)[nH]4)nc23)cc(C)n1. The van der Waals surface area contributed by atoms with Crippen LogP contribution in [0.4, 0.5) is 10.3 Å². The molecule has 0 atom stereocenters. The van der Waals surface area contributed by atoms with Crippen LogP contribution in [0.1, 0.15) is 17.1 Å². The molecule has 0 unspecified atom stereocenters. The summed E-state index contributed by atoms with van der Waals surface area (Å²) in [5.41, 5.74) is 9.85. The number of nitrogens with two attached hydrogens (primary N) is 1. The van der Waals surface area contributed by atoms with Gasteiger partial charge in [-0.05, 0) is 43.7 Å².